The number of thiazole rings is 1. The van der Waals surface area contributed by atoms with E-state index in [9.17, 15) is 5.11 Å². The normalized spacial score (nSPS) is 20.0. The molecule has 0 spiro atoms. The Hall–Kier alpha value is -1.04. The largest absolute Gasteiger partial charge is 0.481 e. The second kappa shape index (κ2) is 4.91. The molecule has 2 unspecified atom stereocenters. The maximum absolute atomic E-state index is 9.49. The zero-order chi connectivity index (χ0) is 12.5. The molecule has 0 fully saturated rings. The highest BCUT2D eigenvalue weighted by Crippen LogP contribution is 2.40. The van der Waals surface area contributed by atoms with Gasteiger partial charge in [0.05, 0.1) is 11.8 Å². The molecular formula is C13H13NO2S2. The summed E-state index contributed by atoms with van der Waals surface area (Å²) in [6.07, 6.45) is -0.527. The Labute approximate surface area is 114 Å². The van der Waals surface area contributed by atoms with Gasteiger partial charge in [0.15, 0.2) is 6.10 Å². The van der Waals surface area contributed by atoms with Crippen LogP contribution in [-0.4, -0.2) is 15.8 Å². The van der Waals surface area contributed by atoms with Crippen LogP contribution in [0.2, 0.25) is 0 Å². The van der Waals surface area contributed by atoms with Crippen LogP contribution in [0.15, 0.2) is 34.5 Å². The van der Waals surface area contributed by atoms with Gasteiger partial charge in [-0.15, -0.1) is 23.1 Å². The number of thioether (sulfide) groups is 1. The Bertz CT molecular complexity index is 553. The molecule has 3 rings (SSSR count). The molecule has 0 saturated carbocycles. The van der Waals surface area contributed by atoms with Gasteiger partial charge in [-0.2, -0.15) is 0 Å². The summed E-state index contributed by atoms with van der Waals surface area (Å²) in [5.74, 6) is 1.79. The third-order valence-corrected chi connectivity index (χ3v) is 4.82. The standard InChI is InChI=1S/C13H13NO2S2/c1-8(15)9-6-18-13(14-9)11-7-17-12-5-3-2-4-10(12)16-11/h2-6,8,11,15H,7H2,1H3. The van der Waals surface area contributed by atoms with Crippen molar-refractivity contribution in [3.63, 3.8) is 0 Å². The van der Waals surface area contributed by atoms with Gasteiger partial charge in [0.2, 0.25) is 0 Å². The van der Waals surface area contributed by atoms with Gasteiger partial charge in [-0.05, 0) is 19.1 Å². The fraction of sp³-hybridized carbons (Fsp3) is 0.308. The highest BCUT2D eigenvalue weighted by atomic mass is 32.2. The molecule has 0 amide bonds. The number of para-hydroxylation sites is 1. The van der Waals surface area contributed by atoms with Gasteiger partial charge < -0.3 is 9.84 Å². The molecule has 94 valence electrons. The van der Waals surface area contributed by atoms with Crippen molar-refractivity contribution in [3.8, 4) is 5.75 Å². The van der Waals surface area contributed by atoms with E-state index in [1.807, 2.05) is 23.6 Å². The number of aliphatic hydroxyl groups excluding tert-OH is 1. The molecule has 0 saturated heterocycles. The Balaban J connectivity index is 1.83. The van der Waals surface area contributed by atoms with E-state index in [1.165, 1.54) is 4.90 Å². The molecular weight excluding hydrogens is 266 g/mol. The monoisotopic (exact) mass is 279 g/mol. The van der Waals surface area contributed by atoms with Crippen molar-refractivity contribution in [3.05, 3.63) is 40.3 Å². The molecule has 3 nitrogen and oxygen atoms in total. The van der Waals surface area contributed by atoms with E-state index in [2.05, 4.69) is 11.1 Å². The second-order valence-electron chi connectivity index (χ2n) is 4.15. The molecule has 2 aromatic rings. The molecule has 1 aliphatic heterocycles. The lowest BCUT2D eigenvalue weighted by Gasteiger charge is -2.23. The molecule has 0 bridgehead atoms. The van der Waals surface area contributed by atoms with Crippen LogP contribution in [0.3, 0.4) is 0 Å². The van der Waals surface area contributed by atoms with Crippen molar-refractivity contribution in [2.75, 3.05) is 5.75 Å². The molecule has 5 heteroatoms. The number of hydrogen-bond acceptors (Lipinski definition) is 5. The van der Waals surface area contributed by atoms with Crippen LogP contribution in [0.1, 0.15) is 29.8 Å². The van der Waals surface area contributed by atoms with Crippen LogP contribution >= 0.6 is 23.1 Å². The number of hydrogen-bond donors (Lipinski definition) is 1. The number of aromatic nitrogens is 1. The summed E-state index contributed by atoms with van der Waals surface area (Å²) in [4.78, 5) is 5.62. The summed E-state index contributed by atoms with van der Waals surface area (Å²) < 4.78 is 5.96. The molecule has 0 radical (unpaired) electrons. The molecule has 0 aliphatic carbocycles. The predicted molar refractivity (Wildman–Crippen MR) is 73.3 cm³/mol. The Morgan fingerprint density at radius 3 is 3.06 bits per heavy atom. The molecule has 2 atom stereocenters. The van der Waals surface area contributed by atoms with Gasteiger partial charge in [-0.1, -0.05) is 12.1 Å². The van der Waals surface area contributed by atoms with Crippen LogP contribution in [-0.2, 0) is 0 Å². The average Bonchev–Trinajstić information content (AvgIpc) is 2.88. The smallest absolute Gasteiger partial charge is 0.159 e. The van der Waals surface area contributed by atoms with Crippen molar-refractivity contribution in [1.29, 1.82) is 0 Å². The fourth-order valence-electron chi connectivity index (χ4n) is 1.78. The SMILES string of the molecule is CC(O)c1csc(C2CSc3ccccc3O2)n1. The van der Waals surface area contributed by atoms with Crippen molar-refractivity contribution in [1.82, 2.24) is 4.98 Å². The lowest BCUT2D eigenvalue weighted by molar-refractivity contribution is 0.192. The van der Waals surface area contributed by atoms with Crippen molar-refractivity contribution in [2.45, 2.75) is 24.0 Å². The van der Waals surface area contributed by atoms with Gasteiger partial charge in [0.1, 0.15) is 10.8 Å². The van der Waals surface area contributed by atoms with Crippen LogP contribution in [0.4, 0.5) is 0 Å². The van der Waals surface area contributed by atoms with Crippen molar-refractivity contribution >= 4 is 23.1 Å². The first kappa shape index (κ1) is 12.0. The van der Waals surface area contributed by atoms with E-state index in [-0.39, 0.29) is 6.10 Å². The van der Waals surface area contributed by atoms with Gasteiger partial charge in [-0.3, -0.25) is 0 Å². The summed E-state index contributed by atoms with van der Waals surface area (Å²) >= 11 is 3.34. The van der Waals surface area contributed by atoms with Crippen LogP contribution in [0, 0.1) is 0 Å². The lowest BCUT2D eigenvalue weighted by atomic mass is 10.3. The van der Waals surface area contributed by atoms with Crippen LogP contribution < -0.4 is 4.74 Å². The van der Waals surface area contributed by atoms with E-state index in [1.54, 1.807) is 30.0 Å². The van der Waals surface area contributed by atoms with E-state index in [0.717, 1.165) is 22.2 Å². The minimum Gasteiger partial charge on any atom is -0.481 e. The molecule has 18 heavy (non-hydrogen) atoms. The lowest BCUT2D eigenvalue weighted by Crippen LogP contribution is -2.14. The van der Waals surface area contributed by atoms with Gasteiger partial charge >= 0.3 is 0 Å². The quantitative estimate of drug-likeness (QED) is 0.914. The summed E-state index contributed by atoms with van der Waals surface area (Å²) in [6.45, 7) is 1.73. The Kier molecular flexibility index (Phi) is 3.28. The van der Waals surface area contributed by atoms with Gasteiger partial charge in [-0.25, -0.2) is 4.98 Å². The third-order valence-electron chi connectivity index (χ3n) is 2.75. The first-order valence-electron chi connectivity index (χ1n) is 5.76. The fourth-order valence-corrected chi connectivity index (χ4v) is 3.81. The van der Waals surface area contributed by atoms with Crippen molar-refractivity contribution in [2.24, 2.45) is 0 Å². The summed E-state index contributed by atoms with van der Waals surface area (Å²) in [6, 6.07) is 8.05. The topological polar surface area (TPSA) is 42.4 Å². The summed E-state index contributed by atoms with van der Waals surface area (Å²) in [5.41, 5.74) is 0.724. The average molecular weight is 279 g/mol. The number of aliphatic hydroxyl groups is 1. The molecule has 1 aromatic heterocycles. The number of ether oxygens (including phenoxy) is 1. The van der Waals surface area contributed by atoms with E-state index in [4.69, 9.17) is 4.74 Å². The number of fused-ring (bicyclic) bond motifs is 1. The molecule has 1 N–H and O–H groups in total. The number of benzene rings is 1. The highest BCUT2D eigenvalue weighted by molar-refractivity contribution is 7.99. The molecule has 1 aromatic carbocycles. The number of rotatable bonds is 2. The third kappa shape index (κ3) is 2.25. The zero-order valence-electron chi connectivity index (χ0n) is 9.87. The second-order valence-corrected chi connectivity index (χ2v) is 6.10. The van der Waals surface area contributed by atoms with E-state index in [0.29, 0.717) is 0 Å². The number of nitrogens with zero attached hydrogens (tertiary/aromatic N) is 1. The highest BCUT2D eigenvalue weighted by Gasteiger charge is 2.24. The zero-order valence-corrected chi connectivity index (χ0v) is 11.5. The van der Waals surface area contributed by atoms with Crippen LogP contribution in [0.25, 0.3) is 0 Å². The minimum absolute atomic E-state index is 0.0117. The minimum atomic E-state index is -0.515. The van der Waals surface area contributed by atoms with Gasteiger partial charge in [0.25, 0.3) is 0 Å². The maximum Gasteiger partial charge on any atom is 0.159 e. The van der Waals surface area contributed by atoms with E-state index >= 15 is 0 Å². The van der Waals surface area contributed by atoms with Crippen LogP contribution in [0.5, 0.6) is 5.75 Å². The molecule has 2 heterocycles. The van der Waals surface area contributed by atoms with Gasteiger partial charge in [0, 0.05) is 16.0 Å². The first-order valence-corrected chi connectivity index (χ1v) is 7.62. The van der Waals surface area contributed by atoms with Crippen molar-refractivity contribution < 1.29 is 9.84 Å². The predicted octanol–water partition coefficient (Wildman–Crippen LogP) is 3.42. The maximum atomic E-state index is 9.49. The first-order chi connectivity index (χ1) is 8.74. The Morgan fingerprint density at radius 2 is 2.28 bits per heavy atom. The summed E-state index contributed by atoms with van der Waals surface area (Å²) in [7, 11) is 0. The summed E-state index contributed by atoms with van der Waals surface area (Å²) in [5, 5.41) is 12.3. The van der Waals surface area contributed by atoms with E-state index < -0.39 is 6.10 Å². The molecule has 1 aliphatic rings. The Morgan fingerprint density at radius 1 is 1.44 bits per heavy atom.